The van der Waals surface area contributed by atoms with Crippen molar-refractivity contribution in [3.63, 3.8) is 0 Å². The zero-order chi connectivity index (χ0) is 17.1. The summed E-state index contributed by atoms with van der Waals surface area (Å²) in [7, 11) is 0. The first-order valence-electron chi connectivity index (χ1n) is 8.77. The lowest BCUT2D eigenvalue weighted by Gasteiger charge is -2.17. The smallest absolute Gasteiger partial charge is 0.150 e. The summed E-state index contributed by atoms with van der Waals surface area (Å²) in [6.07, 6.45) is 7.94. The molecule has 1 aliphatic rings. The average molecular weight is 320 g/mol. The highest BCUT2D eigenvalue weighted by atomic mass is 16.1. The molecular formula is C22H24O2. The van der Waals surface area contributed by atoms with Crippen molar-refractivity contribution < 1.29 is 9.59 Å². The second-order valence-electron chi connectivity index (χ2n) is 6.87. The Morgan fingerprint density at radius 1 is 0.625 bits per heavy atom. The molecule has 2 aromatic rings. The number of hydrogen-bond acceptors (Lipinski definition) is 2. The third-order valence-electron chi connectivity index (χ3n) is 5.37. The molecule has 24 heavy (non-hydrogen) atoms. The topological polar surface area (TPSA) is 34.1 Å². The van der Waals surface area contributed by atoms with Gasteiger partial charge in [-0.05, 0) is 110 Å². The van der Waals surface area contributed by atoms with E-state index >= 15 is 0 Å². The van der Waals surface area contributed by atoms with Crippen molar-refractivity contribution in [2.24, 2.45) is 0 Å². The van der Waals surface area contributed by atoms with E-state index < -0.39 is 0 Å². The van der Waals surface area contributed by atoms with Crippen LogP contribution < -0.4 is 0 Å². The Morgan fingerprint density at radius 2 is 0.958 bits per heavy atom. The lowest BCUT2D eigenvalue weighted by atomic mass is 9.87. The number of rotatable bonds is 2. The van der Waals surface area contributed by atoms with E-state index in [0.29, 0.717) is 0 Å². The molecule has 2 nitrogen and oxygen atoms in total. The van der Waals surface area contributed by atoms with Crippen LogP contribution in [0.25, 0.3) is 0 Å². The highest BCUT2D eigenvalue weighted by Gasteiger charge is 2.12. The van der Waals surface area contributed by atoms with Crippen LogP contribution in [0.1, 0.15) is 66.9 Å². The van der Waals surface area contributed by atoms with E-state index in [1.165, 1.54) is 33.4 Å². The lowest BCUT2D eigenvalue weighted by molar-refractivity contribution is 0.111. The van der Waals surface area contributed by atoms with Crippen LogP contribution in [0.4, 0.5) is 0 Å². The normalized spacial score (nSPS) is 14.4. The van der Waals surface area contributed by atoms with Gasteiger partial charge in [-0.15, -0.1) is 0 Å². The van der Waals surface area contributed by atoms with Crippen LogP contribution in [0.2, 0.25) is 0 Å². The minimum atomic E-state index is 0.779. The highest BCUT2D eigenvalue weighted by Crippen LogP contribution is 2.25. The Morgan fingerprint density at radius 3 is 1.29 bits per heavy atom. The van der Waals surface area contributed by atoms with Crippen molar-refractivity contribution in [1.29, 1.82) is 0 Å². The van der Waals surface area contributed by atoms with E-state index in [1.54, 1.807) is 0 Å². The molecule has 0 fully saturated rings. The van der Waals surface area contributed by atoms with Crippen molar-refractivity contribution in [3.8, 4) is 0 Å². The first-order chi connectivity index (χ1) is 11.6. The van der Waals surface area contributed by atoms with Crippen LogP contribution >= 0.6 is 0 Å². The molecule has 0 amide bonds. The van der Waals surface area contributed by atoms with Gasteiger partial charge in [0.15, 0.2) is 0 Å². The quantitative estimate of drug-likeness (QED) is 0.758. The van der Waals surface area contributed by atoms with Crippen LogP contribution in [0, 0.1) is 13.8 Å². The summed E-state index contributed by atoms with van der Waals surface area (Å²) in [5, 5.41) is 0. The van der Waals surface area contributed by atoms with Gasteiger partial charge >= 0.3 is 0 Å². The molecule has 0 N–H and O–H groups in total. The van der Waals surface area contributed by atoms with Gasteiger partial charge in [0.25, 0.3) is 0 Å². The van der Waals surface area contributed by atoms with Crippen LogP contribution in [0.3, 0.4) is 0 Å². The molecule has 0 unspecified atom stereocenters. The second-order valence-corrected chi connectivity index (χ2v) is 6.87. The highest BCUT2D eigenvalue weighted by molar-refractivity contribution is 5.77. The molecule has 0 saturated carbocycles. The summed E-state index contributed by atoms with van der Waals surface area (Å²) in [4.78, 5) is 22.6. The predicted octanol–water partition coefficient (Wildman–Crippen LogP) is 4.59. The number of carbonyl (C=O) groups is 2. The van der Waals surface area contributed by atoms with Crippen molar-refractivity contribution in [1.82, 2.24) is 0 Å². The first-order valence-corrected chi connectivity index (χ1v) is 8.77. The molecule has 0 saturated heterocycles. The molecule has 3 rings (SSSR count). The largest absolute Gasteiger partial charge is 0.298 e. The predicted molar refractivity (Wildman–Crippen MR) is 97.2 cm³/mol. The van der Waals surface area contributed by atoms with Gasteiger partial charge in [-0.2, -0.15) is 0 Å². The summed E-state index contributed by atoms with van der Waals surface area (Å²) in [6.45, 7) is 4.34. The van der Waals surface area contributed by atoms with E-state index in [1.807, 2.05) is 24.3 Å². The van der Waals surface area contributed by atoms with E-state index in [4.69, 9.17) is 0 Å². The Kier molecular flexibility index (Phi) is 4.94. The van der Waals surface area contributed by atoms with Gasteiger partial charge in [-0.25, -0.2) is 0 Å². The zero-order valence-electron chi connectivity index (χ0n) is 14.5. The van der Waals surface area contributed by atoms with Crippen LogP contribution in [0.15, 0.2) is 24.3 Å². The molecule has 2 heteroatoms. The Labute approximate surface area is 143 Å². The summed E-state index contributed by atoms with van der Waals surface area (Å²) in [5.41, 5.74) is 9.34. The average Bonchev–Trinajstić information content (AvgIpc) is 2.60. The fourth-order valence-electron chi connectivity index (χ4n) is 3.81. The maximum Gasteiger partial charge on any atom is 0.150 e. The van der Waals surface area contributed by atoms with Gasteiger partial charge in [0.05, 0.1) is 0 Å². The van der Waals surface area contributed by atoms with Gasteiger partial charge in [-0.3, -0.25) is 9.59 Å². The van der Waals surface area contributed by atoms with Gasteiger partial charge in [0.1, 0.15) is 12.6 Å². The minimum Gasteiger partial charge on any atom is -0.298 e. The molecule has 0 aliphatic heterocycles. The molecular weight excluding hydrogens is 296 g/mol. The molecule has 0 heterocycles. The Bertz CT molecular complexity index is 720. The van der Waals surface area contributed by atoms with Crippen LogP contribution in [-0.4, -0.2) is 12.6 Å². The van der Waals surface area contributed by atoms with Crippen molar-refractivity contribution in [3.05, 3.63) is 68.8 Å². The van der Waals surface area contributed by atoms with E-state index in [-0.39, 0.29) is 0 Å². The van der Waals surface area contributed by atoms with E-state index in [2.05, 4.69) is 13.8 Å². The van der Waals surface area contributed by atoms with Crippen molar-refractivity contribution in [2.75, 3.05) is 0 Å². The van der Waals surface area contributed by atoms with E-state index in [0.717, 1.165) is 62.2 Å². The summed E-state index contributed by atoms with van der Waals surface area (Å²) >= 11 is 0. The van der Waals surface area contributed by atoms with Gasteiger partial charge in [0, 0.05) is 11.1 Å². The molecule has 4 bridgehead atoms. The molecule has 1 aliphatic carbocycles. The molecule has 0 aromatic heterocycles. The second kappa shape index (κ2) is 7.12. The fraction of sp³-hybridized carbons (Fsp3) is 0.364. The molecule has 0 atom stereocenters. The summed E-state index contributed by atoms with van der Waals surface area (Å²) in [5.74, 6) is 0. The zero-order valence-corrected chi connectivity index (χ0v) is 14.5. The summed E-state index contributed by atoms with van der Waals surface area (Å²) in [6, 6.07) is 8.15. The number of carbonyl (C=O) groups excluding carboxylic acids is 2. The molecule has 124 valence electrons. The number of aryl methyl sites for hydroxylation is 4. The number of fused-ring (bicyclic) bond motifs is 4. The maximum absolute atomic E-state index is 11.3. The monoisotopic (exact) mass is 320 g/mol. The minimum absolute atomic E-state index is 0.779. The molecule has 0 spiro atoms. The van der Waals surface area contributed by atoms with Gasteiger partial charge < -0.3 is 0 Å². The fourth-order valence-corrected chi connectivity index (χ4v) is 3.81. The number of benzene rings is 2. The Hall–Kier alpha value is -2.22. The van der Waals surface area contributed by atoms with Crippen molar-refractivity contribution in [2.45, 2.75) is 52.4 Å². The SMILES string of the molecule is Cc1c2cc(C=O)cc1CCc1cc(C=O)cc(c1C)CCCC2. The third kappa shape index (κ3) is 3.33. The standard InChI is InChI=1S/C22H24O2/c1-15-19-5-3-4-6-20-10-18(14-24)12-22(16(20)2)8-7-21(15)11-17(9-19)13-23/h9-14H,3-8H2,1-2H3. The van der Waals surface area contributed by atoms with Crippen LogP contribution in [-0.2, 0) is 25.7 Å². The number of aldehydes is 2. The Balaban J connectivity index is 2.05. The summed E-state index contributed by atoms with van der Waals surface area (Å²) < 4.78 is 0. The molecule has 0 radical (unpaired) electrons. The van der Waals surface area contributed by atoms with Crippen LogP contribution in [0.5, 0.6) is 0 Å². The van der Waals surface area contributed by atoms with E-state index in [9.17, 15) is 9.59 Å². The maximum atomic E-state index is 11.3. The van der Waals surface area contributed by atoms with Gasteiger partial charge in [-0.1, -0.05) is 0 Å². The first kappa shape index (κ1) is 16.6. The molecule has 2 aromatic carbocycles. The van der Waals surface area contributed by atoms with Crippen molar-refractivity contribution >= 4 is 12.6 Å². The number of hydrogen-bond donors (Lipinski definition) is 0. The lowest BCUT2D eigenvalue weighted by Crippen LogP contribution is -2.06. The van der Waals surface area contributed by atoms with Gasteiger partial charge in [0.2, 0.25) is 0 Å². The third-order valence-corrected chi connectivity index (χ3v) is 5.37.